The predicted octanol–water partition coefficient (Wildman–Crippen LogP) is 5.06. The zero-order valence-corrected chi connectivity index (χ0v) is 19.0. The highest BCUT2D eigenvalue weighted by Gasteiger charge is 2.15. The van der Waals surface area contributed by atoms with E-state index in [1.165, 1.54) is 5.56 Å². The Morgan fingerprint density at radius 2 is 1.61 bits per heavy atom. The lowest BCUT2D eigenvalue weighted by atomic mass is 9.87. The van der Waals surface area contributed by atoms with Gasteiger partial charge in [0.2, 0.25) is 10.0 Å². The quantitative estimate of drug-likeness (QED) is 0.564. The topological polar surface area (TPSA) is 88.2 Å². The summed E-state index contributed by atoms with van der Waals surface area (Å²) < 4.78 is 26.5. The van der Waals surface area contributed by atoms with Crippen molar-refractivity contribution in [3.63, 3.8) is 0 Å². The Kier molecular flexibility index (Phi) is 6.45. The van der Waals surface area contributed by atoms with Gasteiger partial charge < -0.3 is 5.32 Å². The number of carbonyl (C=O) groups excluding carboxylic acids is 1. The number of pyridine rings is 1. The third-order valence-corrected chi connectivity index (χ3v) is 6.17. The first-order valence-electron chi connectivity index (χ1n) is 10.1. The van der Waals surface area contributed by atoms with Gasteiger partial charge in [0.05, 0.1) is 17.1 Å². The molecular formula is C24H27N3O3S. The third kappa shape index (κ3) is 5.70. The summed E-state index contributed by atoms with van der Waals surface area (Å²) >= 11 is 0. The van der Waals surface area contributed by atoms with Crippen LogP contribution in [0.1, 0.15) is 43.6 Å². The number of anilines is 2. The Hall–Kier alpha value is -3.19. The Balaban J connectivity index is 1.77. The van der Waals surface area contributed by atoms with Crippen molar-refractivity contribution in [1.29, 1.82) is 0 Å². The van der Waals surface area contributed by atoms with Crippen molar-refractivity contribution in [2.45, 2.75) is 33.1 Å². The van der Waals surface area contributed by atoms with Gasteiger partial charge in [-0.05, 0) is 54.3 Å². The van der Waals surface area contributed by atoms with Crippen molar-refractivity contribution < 1.29 is 13.2 Å². The molecule has 0 bridgehead atoms. The lowest BCUT2D eigenvalue weighted by Gasteiger charge is -2.19. The van der Waals surface area contributed by atoms with E-state index >= 15 is 0 Å². The van der Waals surface area contributed by atoms with E-state index in [1.807, 2.05) is 24.3 Å². The highest BCUT2D eigenvalue weighted by atomic mass is 32.2. The lowest BCUT2D eigenvalue weighted by Crippen LogP contribution is -2.15. The van der Waals surface area contributed by atoms with Gasteiger partial charge in [-0.1, -0.05) is 45.0 Å². The number of hydrogen-bond donors (Lipinski definition) is 2. The molecular weight excluding hydrogens is 410 g/mol. The second kappa shape index (κ2) is 8.89. The number of rotatable bonds is 6. The summed E-state index contributed by atoms with van der Waals surface area (Å²) in [6, 6.07) is 18.0. The molecule has 0 aliphatic carbocycles. The van der Waals surface area contributed by atoms with Crippen molar-refractivity contribution >= 4 is 27.3 Å². The van der Waals surface area contributed by atoms with Gasteiger partial charge in [-0.2, -0.15) is 0 Å². The maximum Gasteiger partial charge on any atom is 0.255 e. The molecule has 162 valence electrons. The molecule has 3 aromatic rings. The average molecular weight is 438 g/mol. The normalized spacial score (nSPS) is 11.7. The summed E-state index contributed by atoms with van der Waals surface area (Å²) in [5.74, 6) is -0.250. The second-order valence-electron chi connectivity index (χ2n) is 8.26. The van der Waals surface area contributed by atoms with Gasteiger partial charge in [0.15, 0.2) is 0 Å². The van der Waals surface area contributed by atoms with Crippen LogP contribution in [0.2, 0.25) is 0 Å². The van der Waals surface area contributed by atoms with Crippen LogP contribution in [0.3, 0.4) is 0 Å². The third-order valence-electron chi connectivity index (χ3n) is 4.88. The number of hydrogen-bond acceptors (Lipinski definition) is 4. The highest BCUT2D eigenvalue weighted by Crippen LogP contribution is 2.27. The molecule has 2 N–H and O–H groups in total. The predicted molar refractivity (Wildman–Crippen MR) is 126 cm³/mol. The number of nitrogens with one attached hydrogen (secondary N) is 2. The van der Waals surface area contributed by atoms with E-state index in [4.69, 9.17) is 0 Å². The molecule has 0 aliphatic rings. The second-order valence-corrected chi connectivity index (χ2v) is 10.3. The standard InChI is InChI=1S/C24H27N3O3S/c1-5-31(29,30)27-21-7-6-16-25-22(21)17-8-10-18(11-9-17)23(28)26-20-14-12-19(13-15-20)24(2,3)4/h6-16,27H,5H2,1-4H3,(H,26,28). The van der Waals surface area contributed by atoms with Crippen LogP contribution in [0.15, 0.2) is 66.9 Å². The molecule has 0 saturated heterocycles. The molecule has 1 amide bonds. The fourth-order valence-electron chi connectivity index (χ4n) is 2.99. The molecule has 7 heteroatoms. The van der Waals surface area contributed by atoms with Crippen LogP contribution in [-0.4, -0.2) is 25.1 Å². The Morgan fingerprint density at radius 3 is 2.19 bits per heavy atom. The SMILES string of the molecule is CCS(=O)(=O)Nc1cccnc1-c1ccc(C(=O)Nc2ccc(C(C)(C)C)cc2)cc1. The summed E-state index contributed by atoms with van der Waals surface area (Å²) in [4.78, 5) is 16.9. The van der Waals surface area contributed by atoms with Crippen LogP contribution in [0.5, 0.6) is 0 Å². The van der Waals surface area contributed by atoms with E-state index in [1.54, 1.807) is 49.5 Å². The summed E-state index contributed by atoms with van der Waals surface area (Å²) in [6.07, 6.45) is 1.60. The van der Waals surface area contributed by atoms with Crippen molar-refractivity contribution in [3.8, 4) is 11.3 Å². The minimum absolute atomic E-state index is 0.0306. The van der Waals surface area contributed by atoms with Gasteiger partial charge in [-0.25, -0.2) is 8.42 Å². The maximum atomic E-state index is 12.6. The molecule has 1 heterocycles. The molecule has 0 saturated carbocycles. The molecule has 31 heavy (non-hydrogen) atoms. The van der Waals surface area contributed by atoms with Crippen molar-refractivity contribution in [3.05, 3.63) is 78.0 Å². The Bertz CT molecular complexity index is 1160. The average Bonchev–Trinajstić information content (AvgIpc) is 2.74. The zero-order chi connectivity index (χ0) is 22.6. The molecule has 0 aliphatic heterocycles. The van der Waals surface area contributed by atoms with E-state index in [2.05, 4.69) is 35.8 Å². The van der Waals surface area contributed by atoms with Gasteiger partial charge in [0, 0.05) is 23.0 Å². The fourth-order valence-corrected chi connectivity index (χ4v) is 3.64. The van der Waals surface area contributed by atoms with E-state index in [9.17, 15) is 13.2 Å². The summed E-state index contributed by atoms with van der Waals surface area (Å²) in [7, 11) is -3.43. The number of amides is 1. The number of sulfonamides is 1. The van der Waals surface area contributed by atoms with Gasteiger partial charge in [-0.15, -0.1) is 0 Å². The number of nitrogens with zero attached hydrogens (tertiary/aromatic N) is 1. The Labute approximate surface area is 183 Å². The first kappa shape index (κ1) is 22.5. The minimum atomic E-state index is -3.43. The smallest absolute Gasteiger partial charge is 0.255 e. The minimum Gasteiger partial charge on any atom is -0.322 e. The molecule has 0 unspecified atom stereocenters. The molecule has 0 spiro atoms. The van der Waals surface area contributed by atoms with Crippen LogP contribution in [0.25, 0.3) is 11.3 Å². The molecule has 1 aromatic heterocycles. The van der Waals surface area contributed by atoms with Gasteiger partial charge >= 0.3 is 0 Å². The van der Waals surface area contributed by atoms with E-state index in [0.717, 1.165) is 5.69 Å². The van der Waals surface area contributed by atoms with E-state index < -0.39 is 10.0 Å². The van der Waals surface area contributed by atoms with Crippen LogP contribution in [-0.2, 0) is 15.4 Å². The number of aromatic nitrogens is 1. The highest BCUT2D eigenvalue weighted by molar-refractivity contribution is 7.92. The van der Waals surface area contributed by atoms with Crippen LogP contribution < -0.4 is 10.0 Å². The molecule has 3 rings (SSSR count). The number of benzene rings is 2. The Morgan fingerprint density at radius 1 is 0.968 bits per heavy atom. The first-order chi connectivity index (χ1) is 14.6. The summed E-state index contributed by atoms with van der Waals surface area (Å²) in [5, 5.41) is 2.90. The van der Waals surface area contributed by atoms with Gasteiger partial charge in [0.1, 0.15) is 0 Å². The maximum absolute atomic E-state index is 12.6. The van der Waals surface area contributed by atoms with Gasteiger partial charge in [0.25, 0.3) is 5.91 Å². The van der Waals surface area contributed by atoms with E-state index in [-0.39, 0.29) is 17.1 Å². The molecule has 0 radical (unpaired) electrons. The van der Waals surface area contributed by atoms with Gasteiger partial charge in [-0.3, -0.25) is 14.5 Å². The fraction of sp³-hybridized carbons (Fsp3) is 0.250. The molecule has 0 atom stereocenters. The molecule has 6 nitrogen and oxygen atoms in total. The summed E-state index contributed by atoms with van der Waals surface area (Å²) in [6.45, 7) is 8.00. The largest absolute Gasteiger partial charge is 0.322 e. The van der Waals surface area contributed by atoms with Crippen molar-refractivity contribution in [1.82, 2.24) is 4.98 Å². The van der Waals surface area contributed by atoms with Crippen LogP contribution >= 0.6 is 0 Å². The lowest BCUT2D eigenvalue weighted by molar-refractivity contribution is 0.102. The number of carbonyl (C=O) groups is 1. The summed E-state index contributed by atoms with van der Waals surface area (Å²) in [5.41, 5.74) is 4.08. The first-order valence-corrected chi connectivity index (χ1v) is 11.7. The van der Waals surface area contributed by atoms with Crippen molar-refractivity contribution in [2.24, 2.45) is 0 Å². The molecule has 0 fully saturated rings. The van der Waals surface area contributed by atoms with E-state index in [0.29, 0.717) is 22.5 Å². The monoisotopic (exact) mass is 437 g/mol. The van der Waals surface area contributed by atoms with Crippen LogP contribution in [0, 0.1) is 0 Å². The molecule has 2 aromatic carbocycles. The van der Waals surface area contributed by atoms with Crippen LogP contribution in [0.4, 0.5) is 11.4 Å². The zero-order valence-electron chi connectivity index (χ0n) is 18.1. The van der Waals surface area contributed by atoms with Crippen molar-refractivity contribution in [2.75, 3.05) is 15.8 Å².